The van der Waals surface area contributed by atoms with Crippen molar-refractivity contribution in [1.82, 2.24) is 0 Å². The van der Waals surface area contributed by atoms with Crippen LogP contribution in [0.3, 0.4) is 0 Å². The Morgan fingerprint density at radius 3 is 2.04 bits per heavy atom. The Bertz CT molecular complexity index is 657. The Balaban J connectivity index is 1.93. The van der Waals surface area contributed by atoms with E-state index in [1.807, 2.05) is 29.1 Å². The summed E-state index contributed by atoms with van der Waals surface area (Å²) in [5.74, 6) is 1.15. The van der Waals surface area contributed by atoms with E-state index in [0.717, 1.165) is 24.9 Å². The van der Waals surface area contributed by atoms with Gasteiger partial charge >= 0.3 is 0 Å². The van der Waals surface area contributed by atoms with Crippen molar-refractivity contribution in [1.29, 1.82) is 0 Å². The number of nitrogens with one attached hydrogen (secondary N) is 1. The molecule has 134 valence electrons. The molecule has 1 amide bonds. The maximum atomic E-state index is 12.3. The van der Waals surface area contributed by atoms with Crippen LogP contribution >= 0.6 is 0 Å². The summed E-state index contributed by atoms with van der Waals surface area (Å²) < 4.78 is 1.93. The summed E-state index contributed by atoms with van der Waals surface area (Å²) in [6.07, 6.45) is 7.41. The highest BCUT2D eigenvalue weighted by Gasteiger charge is 2.12. The van der Waals surface area contributed by atoms with Crippen LogP contribution in [-0.2, 0) is 11.3 Å². The van der Waals surface area contributed by atoms with Gasteiger partial charge in [-0.2, -0.15) is 4.57 Å². The molecule has 0 radical (unpaired) electrons. The molecule has 2 aromatic rings. The Kier molecular flexibility index (Phi) is 7.17. The number of hydrogen-bond acceptors (Lipinski definition) is 1. The van der Waals surface area contributed by atoms with Gasteiger partial charge in [-0.1, -0.05) is 39.8 Å². The summed E-state index contributed by atoms with van der Waals surface area (Å²) >= 11 is 0. The number of nitrogens with zero attached hydrogens (tertiary/aromatic N) is 1. The first kappa shape index (κ1) is 19.2. The first-order chi connectivity index (χ1) is 12.1. The van der Waals surface area contributed by atoms with Crippen LogP contribution in [0, 0.1) is 0 Å². The van der Waals surface area contributed by atoms with Crippen LogP contribution in [-0.4, -0.2) is 5.91 Å². The molecular formula is C22H31N2O+. The summed E-state index contributed by atoms with van der Waals surface area (Å²) in [5.41, 5.74) is 3.51. The standard InChI is InChI=1S/C22H30N2O/c1-5-17(4)19-8-10-21(11-9-19)23-22(25)16-24-14-12-20(13-15-24)18(6-2)7-3/h8-15,17-18H,5-7,16H2,1-4H3/p+1/t17-/m0/s1. The fraction of sp³-hybridized carbons (Fsp3) is 0.455. The molecule has 0 bridgehead atoms. The molecule has 0 aliphatic heterocycles. The molecule has 0 aliphatic carbocycles. The van der Waals surface area contributed by atoms with Crippen LogP contribution in [0.25, 0.3) is 0 Å². The fourth-order valence-corrected chi connectivity index (χ4v) is 3.10. The van der Waals surface area contributed by atoms with Gasteiger partial charge in [0.25, 0.3) is 5.91 Å². The second-order valence-electron chi connectivity index (χ2n) is 6.80. The average Bonchev–Trinajstić information content (AvgIpc) is 2.64. The summed E-state index contributed by atoms with van der Waals surface area (Å²) in [6, 6.07) is 12.4. The van der Waals surface area contributed by atoms with E-state index >= 15 is 0 Å². The molecule has 1 atom stereocenters. The molecule has 0 aliphatic rings. The lowest BCUT2D eigenvalue weighted by Crippen LogP contribution is -2.39. The normalized spacial score (nSPS) is 12.2. The van der Waals surface area contributed by atoms with Crippen molar-refractivity contribution in [2.24, 2.45) is 0 Å². The maximum Gasteiger partial charge on any atom is 0.290 e. The molecule has 0 saturated carbocycles. The maximum absolute atomic E-state index is 12.3. The third kappa shape index (κ3) is 5.42. The molecule has 25 heavy (non-hydrogen) atoms. The zero-order valence-electron chi connectivity index (χ0n) is 16.0. The minimum atomic E-state index is -0.00317. The quantitative estimate of drug-likeness (QED) is 0.672. The number of pyridine rings is 1. The molecule has 2 rings (SSSR count). The molecule has 0 fully saturated rings. The number of anilines is 1. The van der Waals surface area contributed by atoms with Gasteiger partial charge in [0.2, 0.25) is 6.54 Å². The average molecular weight is 340 g/mol. The van der Waals surface area contributed by atoms with E-state index in [4.69, 9.17) is 0 Å². The Morgan fingerprint density at radius 2 is 1.52 bits per heavy atom. The largest absolute Gasteiger partial charge is 0.321 e. The summed E-state index contributed by atoms with van der Waals surface area (Å²) in [7, 11) is 0. The predicted octanol–water partition coefficient (Wildman–Crippen LogP) is 5.03. The van der Waals surface area contributed by atoms with Crippen LogP contribution < -0.4 is 9.88 Å². The van der Waals surface area contributed by atoms with Crippen molar-refractivity contribution in [3.05, 3.63) is 59.9 Å². The van der Waals surface area contributed by atoms with E-state index in [1.165, 1.54) is 11.1 Å². The van der Waals surface area contributed by atoms with Gasteiger partial charge in [0.15, 0.2) is 12.4 Å². The number of hydrogen-bond donors (Lipinski definition) is 1. The third-order valence-corrected chi connectivity index (χ3v) is 5.08. The molecule has 0 spiro atoms. The summed E-state index contributed by atoms with van der Waals surface area (Å²) in [4.78, 5) is 12.3. The number of rotatable bonds is 8. The molecule has 3 nitrogen and oxygen atoms in total. The number of aromatic nitrogens is 1. The molecular weight excluding hydrogens is 308 g/mol. The Morgan fingerprint density at radius 1 is 0.920 bits per heavy atom. The van der Waals surface area contributed by atoms with E-state index < -0.39 is 0 Å². The smallest absolute Gasteiger partial charge is 0.290 e. The van der Waals surface area contributed by atoms with E-state index in [1.54, 1.807) is 0 Å². The SMILES string of the molecule is CCC(CC)c1cc[n+](CC(=O)Nc2ccc([C@@H](C)CC)cc2)cc1. The fourth-order valence-electron chi connectivity index (χ4n) is 3.10. The van der Waals surface area contributed by atoms with Gasteiger partial charge in [-0.3, -0.25) is 4.79 Å². The highest BCUT2D eigenvalue weighted by molar-refractivity contribution is 5.89. The second kappa shape index (κ2) is 9.36. The highest BCUT2D eigenvalue weighted by atomic mass is 16.1. The van der Waals surface area contributed by atoms with Gasteiger partial charge in [-0.15, -0.1) is 0 Å². The topological polar surface area (TPSA) is 33.0 Å². The molecule has 1 aromatic carbocycles. The van der Waals surface area contributed by atoms with Gasteiger partial charge in [-0.25, -0.2) is 0 Å². The Hall–Kier alpha value is -2.16. The van der Waals surface area contributed by atoms with Crippen LogP contribution in [0.1, 0.15) is 69.9 Å². The highest BCUT2D eigenvalue weighted by Crippen LogP contribution is 2.21. The number of carbonyl (C=O) groups excluding carboxylic acids is 1. The lowest BCUT2D eigenvalue weighted by atomic mass is 9.95. The number of benzene rings is 1. The van der Waals surface area contributed by atoms with E-state index in [0.29, 0.717) is 18.4 Å². The van der Waals surface area contributed by atoms with Crippen LogP contribution in [0.5, 0.6) is 0 Å². The first-order valence-corrected chi connectivity index (χ1v) is 9.46. The van der Waals surface area contributed by atoms with Gasteiger partial charge < -0.3 is 5.32 Å². The second-order valence-corrected chi connectivity index (χ2v) is 6.80. The van der Waals surface area contributed by atoms with Crippen LogP contribution in [0.2, 0.25) is 0 Å². The van der Waals surface area contributed by atoms with Crippen molar-refractivity contribution in [3.63, 3.8) is 0 Å². The van der Waals surface area contributed by atoms with E-state index in [9.17, 15) is 4.79 Å². The van der Waals surface area contributed by atoms with E-state index in [-0.39, 0.29) is 5.91 Å². The minimum Gasteiger partial charge on any atom is -0.321 e. The first-order valence-electron chi connectivity index (χ1n) is 9.46. The van der Waals surface area contributed by atoms with Gasteiger partial charge in [0.05, 0.1) is 0 Å². The van der Waals surface area contributed by atoms with Crippen LogP contribution in [0.15, 0.2) is 48.8 Å². The van der Waals surface area contributed by atoms with Gasteiger partial charge in [-0.05, 0) is 54.4 Å². The molecule has 0 unspecified atom stereocenters. The summed E-state index contributed by atoms with van der Waals surface area (Å²) in [6.45, 7) is 9.17. The lowest BCUT2D eigenvalue weighted by Gasteiger charge is -2.11. The van der Waals surface area contributed by atoms with Gasteiger partial charge in [0.1, 0.15) is 0 Å². The van der Waals surface area contributed by atoms with E-state index in [2.05, 4.69) is 57.3 Å². The Labute approximate surface area is 152 Å². The third-order valence-electron chi connectivity index (χ3n) is 5.08. The molecule has 3 heteroatoms. The lowest BCUT2D eigenvalue weighted by molar-refractivity contribution is -0.684. The predicted molar refractivity (Wildman–Crippen MR) is 104 cm³/mol. The van der Waals surface area contributed by atoms with Crippen molar-refractivity contribution < 1.29 is 9.36 Å². The van der Waals surface area contributed by atoms with Gasteiger partial charge in [0, 0.05) is 17.8 Å². The minimum absolute atomic E-state index is 0.00317. The molecule has 1 aromatic heterocycles. The van der Waals surface area contributed by atoms with Crippen molar-refractivity contribution in [2.75, 3.05) is 5.32 Å². The molecule has 0 saturated heterocycles. The molecule has 1 heterocycles. The van der Waals surface area contributed by atoms with Crippen molar-refractivity contribution in [2.45, 2.75) is 65.3 Å². The van der Waals surface area contributed by atoms with Crippen molar-refractivity contribution in [3.8, 4) is 0 Å². The monoisotopic (exact) mass is 339 g/mol. The zero-order valence-corrected chi connectivity index (χ0v) is 16.0. The number of carbonyl (C=O) groups is 1. The summed E-state index contributed by atoms with van der Waals surface area (Å²) in [5, 5.41) is 2.97. The molecule has 1 N–H and O–H groups in total. The van der Waals surface area contributed by atoms with Crippen LogP contribution in [0.4, 0.5) is 5.69 Å². The zero-order chi connectivity index (χ0) is 18.2. The van der Waals surface area contributed by atoms with Crippen molar-refractivity contribution >= 4 is 11.6 Å². The number of amides is 1.